The van der Waals surface area contributed by atoms with Gasteiger partial charge in [-0.25, -0.2) is 21.6 Å². The summed E-state index contributed by atoms with van der Waals surface area (Å²) in [5.41, 5.74) is -0.878. The van der Waals surface area contributed by atoms with Crippen LogP contribution in [0.1, 0.15) is 12.5 Å². The fourth-order valence-electron chi connectivity index (χ4n) is 3.05. The molecule has 3 aromatic rings. The first kappa shape index (κ1) is 24.9. The van der Waals surface area contributed by atoms with Crippen molar-refractivity contribution in [3.63, 3.8) is 0 Å². The fourth-order valence-corrected chi connectivity index (χ4v) is 4.96. The number of carbonyl (C=O) groups excluding carboxylic acids is 1. The van der Waals surface area contributed by atoms with E-state index in [-0.39, 0.29) is 14.9 Å². The molecule has 0 aliphatic heterocycles. The van der Waals surface area contributed by atoms with Crippen molar-refractivity contribution in [2.24, 2.45) is 0 Å². The molecular formula is C22H17Cl2F3N2O3S. The van der Waals surface area contributed by atoms with E-state index < -0.39 is 57.2 Å². The molecule has 0 fully saturated rings. The van der Waals surface area contributed by atoms with E-state index in [1.807, 2.05) is 0 Å². The van der Waals surface area contributed by atoms with Crippen molar-refractivity contribution < 1.29 is 26.4 Å². The van der Waals surface area contributed by atoms with Gasteiger partial charge in [0.25, 0.3) is 10.0 Å². The summed E-state index contributed by atoms with van der Waals surface area (Å²) in [7, 11) is -4.49. The van der Waals surface area contributed by atoms with Crippen LogP contribution < -0.4 is 9.62 Å². The molecule has 3 rings (SSSR count). The van der Waals surface area contributed by atoms with Gasteiger partial charge in [-0.05, 0) is 61.5 Å². The maximum atomic E-state index is 14.7. The zero-order valence-electron chi connectivity index (χ0n) is 17.0. The number of nitrogens with zero attached hydrogens (tertiary/aromatic N) is 1. The lowest BCUT2D eigenvalue weighted by atomic mass is 10.2. The lowest BCUT2D eigenvalue weighted by molar-refractivity contribution is -0.122. The molecule has 0 spiro atoms. The van der Waals surface area contributed by atoms with Crippen molar-refractivity contribution in [1.82, 2.24) is 5.32 Å². The summed E-state index contributed by atoms with van der Waals surface area (Å²) in [5, 5.41) is 2.60. The third kappa shape index (κ3) is 5.43. The molecule has 3 aromatic carbocycles. The molecule has 0 saturated carbocycles. The van der Waals surface area contributed by atoms with Gasteiger partial charge in [-0.3, -0.25) is 9.10 Å². The summed E-state index contributed by atoms with van der Waals surface area (Å²) in [6.07, 6.45) is 0. The minimum absolute atomic E-state index is 0.0312. The number of rotatable bonds is 7. The monoisotopic (exact) mass is 516 g/mol. The predicted molar refractivity (Wildman–Crippen MR) is 120 cm³/mol. The van der Waals surface area contributed by atoms with Crippen molar-refractivity contribution in [1.29, 1.82) is 0 Å². The number of sulfonamides is 1. The Bertz CT molecular complexity index is 1270. The fraction of sp³-hybridized carbons (Fsp3) is 0.136. The summed E-state index contributed by atoms with van der Waals surface area (Å²) >= 11 is 11.8. The van der Waals surface area contributed by atoms with Crippen LogP contribution in [0.4, 0.5) is 18.9 Å². The molecule has 174 valence electrons. The average molecular weight is 517 g/mol. The molecule has 0 heterocycles. The van der Waals surface area contributed by atoms with Crippen molar-refractivity contribution in [2.45, 2.75) is 24.4 Å². The maximum absolute atomic E-state index is 14.7. The largest absolute Gasteiger partial charge is 0.350 e. The van der Waals surface area contributed by atoms with E-state index >= 15 is 0 Å². The SMILES string of the molecule is C[C@H](C(=O)NCc1c(F)cccc1F)N(c1cc(Cl)ccc1F)S(=O)(=O)c1ccc(Cl)cc1. The maximum Gasteiger partial charge on any atom is 0.265 e. The molecule has 11 heteroatoms. The first-order valence-electron chi connectivity index (χ1n) is 9.48. The molecule has 0 unspecified atom stereocenters. The second-order valence-corrected chi connectivity index (χ2v) is 9.63. The van der Waals surface area contributed by atoms with Gasteiger partial charge in [0.2, 0.25) is 5.91 Å². The van der Waals surface area contributed by atoms with E-state index in [1.165, 1.54) is 43.3 Å². The van der Waals surface area contributed by atoms with Crippen LogP contribution in [-0.4, -0.2) is 20.4 Å². The number of hydrogen-bond acceptors (Lipinski definition) is 3. The smallest absolute Gasteiger partial charge is 0.265 e. The standard InChI is InChI=1S/C22H17Cl2F3N2O3S/c1-13(22(30)28-12-17-18(25)3-2-4-19(17)26)29(21-11-15(24)7-10-20(21)27)33(31,32)16-8-5-14(23)6-9-16/h2-11,13H,12H2,1H3,(H,28,30)/t13-/m1/s1. The number of amides is 1. The second kappa shape index (κ2) is 10.0. The molecule has 0 radical (unpaired) electrons. The van der Waals surface area contributed by atoms with Crippen molar-refractivity contribution in [3.05, 3.63) is 93.7 Å². The van der Waals surface area contributed by atoms with Gasteiger partial charge in [0.15, 0.2) is 0 Å². The molecule has 5 nitrogen and oxygen atoms in total. The van der Waals surface area contributed by atoms with Crippen molar-refractivity contribution >= 4 is 44.8 Å². The Balaban J connectivity index is 2.00. The first-order valence-corrected chi connectivity index (χ1v) is 11.7. The number of hydrogen-bond donors (Lipinski definition) is 1. The molecule has 0 bridgehead atoms. The van der Waals surface area contributed by atoms with Crippen molar-refractivity contribution in [2.75, 3.05) is 4.31 Å². The van der Waals surface area contributed by atoms with Crippen LogP contribution >= 0.6 is 23.2 Å². The van der Waals surface area contributed by atoms with Crippen LogP contribution in [0, 0.1) is 17.5 Å². The summed E-state index contributed by atoms with van der Waals surface area (Å²) in [4.78, 5) is 12.6. The minimum atomic E-state index is -4.49. The summed E-state index contributed by atoms with van der Waals surface area (Å²) < 4.78 is 69.9. The molecule has 0 aromatic heterocycles. The molecule has 0 aliphatic rings. The Kier molecular flexibility index (Phi) is 7.56. The van der Waals surface area contributed by atoms with Gasteiger partial charge in [0, 0.05) is 22.2 Å². The Morgan fingerprint density at radius 1 is 0.939 bits per heavy atom. The van der Waals surface area contributed by atoms with Crippen LogP contribution in [0.5, 0.6) is 0 Å². The number of nitrogens with one attached hydrogen (secondary N) is 1. The molecule has 0 saturated heterocycles. The molecule has 33 heavy (non-hydrogen) atoms. The Labute approximate surface area is 198 Å². The van der Waals surface area contributed by atoms with Gasteiger partial charge in [-0.15, -0.1) is 0 Å². The van der Waals surface area contributed by atoms with Gasteiger partial charge < -0.3 is 5.32 Å². The average Bonchev–Trinajstić information content (AvgIpc) is 2.76. The molecule has 1 amide bonds. The Hall–Kier alpha value is -2.75. The molecule has 0 aliphatic carbocycles. The highest BCUT2D eigenvalue weighted by molar-refractivity contribution is 7.93. The zero-order chi connectivity index (χ0) is 24.3. The second-order valence-electron chi connectivity index (χ2n) is 6.94. The first-order chi connectivity index (χ1) is 15.5. The van der Waals surface area contributed by atoms with Crippen LogP contribution in [-0.2, 0) is 21.4 Å². The lowest BCUT2D eigenvalue weighted by Gasteiger charge is -2.30. The third-order valence-electron chi connectivity index (χ3n) is 4.75. The van der Waals surface area contributed by atoms with Gasteiger partial charge in [0.1, 0.15) is 23.5 Å². The van der Waals surface area contributed by atoms with Crippen LogP contribution in [0.25, 0.3) is 0 Å². The minimum Gasteiger partial charge on any atom is -0.350 e. The summed E-state index contributed by atoms with van der Waals surface area (Å²) in [5.74, 6) is -3.63. The van der Waals surface area contributed by atoms with Crippen molar-refractivity contribution in [3.8, 4) is 0 Å². The third-order valence-corrected chi connectivity index (χ3v) is 7.13. The summed E-state index contributed by atoms with van der Waals surface area (Å²) in [6, 6.07) is 9.98. The quantitative estimate of drug-likeness (QED) is 0.462. The van der Waals surface area contributed by atoms with Crippen LogP contribution in [0.2, 0.25) is 10.0 Å². The van der Waals surface area contributed by atoms with Crippen LogP contribution in [0.15, 0.2) is 65.6 Å². The van der Waals surface area contributed by atoms with Crippen LogP contribution in [0.3, 0.4) is 0 Å². The van der Waals surface area contributed by atoms with E-state index in [4.69, 9.17) is 23.2 Å². The highest BCUT2D eigenvalue weighted by Gasteiger charge is 2.35. The normalized spacial score (nSPS) is 12.3. The van der Waals surface area contributed by atoms with Gasteiger partial charge in [0.05, 0.1) is 10.6 Å². The molecule has 1 atom stereocenters. The topological polar surface area (TPSA) is 66.5 Å². The molecular weight excluding hydrogens is 500 g/mol. The number of benzene rings is 3. The van der Waals surface area contributed by atoms with E-state index in [0.717, 1.165) is 24.3 Å². The van der Waals surface area contributed by atoms with Gasteiger partial charge >= 0.3 is 0 Å². The van der Waals surface area contributed by atoms with E-state index in [2.05, 4.69) is 5.32 Å². The highest BCUT2D eigenvalue weighted by atomic mass is 35.5. The van der Waals surface area contributed by atoms with Gasteiger partial charge in [-0.2, -0.15) is 0 Å². The van der Waals surface area contributed by atoms with E-state index in [0.29, 0.717) is 4.31 Å². The van der Waals surface area contributed by atoms with E-state index in [9.17, 15) is 26.4 Å². The lowest BCUT2D eigenvalue weighted by Crippen LogP contribution is -2.48. The molecule has 1 N–H and O–H groups in total. The highest BCUT2D eigenvalue weighted by Crippen LogP contribution is 2.31. The predicted octanol–water partition coefficient (Wildman–Crippen LogP) is 5.31. The summed E-state index contributed by atoms with van der Waals surface area (Å²) in [6.45, 7) is 0.662. The zero-order valence-corrected chi connectivity index (χ0v) is 19.4. The Morgan fingerprint density at radius 3 is 2.12 bits per heavy atom. The van der Waals surface area contributed by atoms with E-state index in [1.54, 1.807) is 0 Å². The number of anilines is 1. The van der Waals surface area contributed by atoms with Gasteiger partial charge in [-0.1, -0.05) is 29.3 Å². The number of carbonyl (C=O) groups is 1. The Morgan fingerprint density at radius 2 is 1.52 bits per heavy atom. The number of halogens is 5.